The average Bonchev–Trinajstić information content (AvgIpc) is 3.17. The van der Waals surface area contributed by atoms with Gasteiger partial charge in [0.2, 0.25) is 17.6 Å². The molecule has 6 nitrogen and oxygen atoms in total. The normalized spacial score (nSPS) is 11.4. The molecule has 1 aromatic heterocycles. The van der Waals surface area contributed by atoms with Crippen LogP contribution in [0.3, 0.4) is 0 Å². The molecule has 1 N–H and O–H groups in total. The van der Waals surface area contributed by atoms with E-state index in [1.807, 2.05) is 6.92 Å². The summed E-state index contributed by atoms with van der Waals surface area (Å²) >= 11 is 0. The van der Waals surface area contributed by atoms with Crippen LogP contribution in [-0.4, -0.2) is 22.7 Å². The Morgan fingerprint density at radius 3 is 2.57 bits per heavy atom. The number of hydrogen-bond donors (Lipinski definition) is 1. The van der Waals surface area contributed by atoms with Crippen LogP contribution in [-0.2, 0) is 17.4 Å². The van der Waals surface area contributed by atoms with E-state index < -0.39 is 17.6 Å². The summed E-state index contributed by atoms with van der Waals surface area (Å²) in [6.07, 6.45) is -4.33. The smallest absolute Gasteiger partial charge is 0.416 e. The Labute approximate surface area is 171 Å². The van der Waals surface area contributed by atoms with E-state index in [-0.39, 0.29) is 30.0 Å². The van der Waals surface area contributed by atoms with Gasteiger partial charge in [-0.3, -0.25) is 4.79 Å². The maximum atomic E-state index is 13.0. The summed E-state index contributed by atoms with van der Waals surface area (Å²) in [5.41, 5.74) is 0.126. The molecule has 3 rings (SSSR count). The Kier molecular flexibility index (Phi) is 6.39. The van der Waals surface area contributed by atoms with Gasteiger partial charge in [0.1, 0.15) is 5.75 Å². The number of alkyl halides is 3. The number of nitrogens with one attached hydrogen (secondary N) is 1. The number of hydrogen-bond acceptors (Lipinski definition) is 5. The molecule has 0 atom stereocenters. The fraction of sp³-hybridized carbons (Fsp3) is 0.286. The van der Waals surface area contributed by atoms with E-state index in [0.717, 1.165) is 17.4 Å². The molecule has 0 aliphatic rings. The summed E-state index contributed by atoms with van der Waals surface area (Å²) in [6.45, 7) is 3.82. The van der Waals surface area contributed by atoms with Crippen LogP contribution in [0.1, 0.15) is 30.4 Å². The number of carbonyl (C=O) groups is 1. The molecular weight excluding hydrogens is 399 g/mol. The molecule has 0 radical (unpaired) electrons. The molecule has 30 heavy (non-hydrogen) atoms. The Morgan fingerprint density at radius 2 is 1.90 bits per heavy atom. The summed E-state index contributed by atoms with van der Waals surface area (Å²) in [4.78, 5) is 16.4. The minimum absolute atomic E-state index is 0.0138. The summed E-state index contributed by atoms with van der Waals surface area (Å²) in [5.74, 6) is 0.912. The third-order valence-electron chi connectivity index (χ3n) is 4.28. The van der Waals surface area contributed by atoms with Crippen molar-refractivity contribution in [3.63, 3.8) is 0 Å². The number of rotatable bonds is 7. The van der Waals surface area contributed by atoms with Crippen molar-refractivity contribution in [1.82, 2.24) is 10.1 Å². The highest BCUT2D eigenvalue weighted by Crippen LogP contribution is 2.33. The quantitative estimate of drug-likeness (QED) is 0.581. The van der Waals surface area contributed by atoms with E-state index in [2.05, 4.69) is 15.5 Å². The highest BCUT2D eigenvalue weighted by atomic mass is 19.4. The SMILES string of the molecule is CCOc1ccc(-c2noc(CCC(=O)Nc3ccc(C)c(C(F)(F)F)c3)n2)cc1. The standard InChI is InChI=1S/C21H20F3N3O3/c1-3-29-16-8-5-14(6-9-16)20-26-19(30-27-20)11-10-18(28)25-15-7-4-13(2)17(12-15)21(22,23)24/h4-9,12H,3,10-11H2,1-2H3,(H,25,28). The maximum absolute atomic E-state index is 13.0. The lowest BCUT2D eigenvalue weighted by molar-refractivity contribution is -0.138. The van der Waals surface area contributed by atoms with E-state index in [9.17, 15) is 18.0 Å². The van der Waals surface area contributed by atoms with Crippen LogP contribution < -0.4 is 10.1 Å². The molecule has 0 bridgehead atoms. The number of carbonyl (C=O) groups excluding carboxylic acids is 1. The van der Waals surface area contributed by atoms with E-state index in [1.165, 1.54) is 19.1 Å². The van der Waals surface area contributed by atoms with Crippen LogP contribution in [0.2, 0.25) is 0 Å². The average molecular weight is 419 g/mol. The zero-order valence-corrected chi connectivity index (χ0v) is 16.4. The van der Waals surface area contributed by atoms with Gasteiger partial charge in [0.15, 0.2) is 0 Å². The molecule has 0 aliphatic carbocycles. The van der Waals surface area contributed by atoms with Gasteiger partial charge in [-0.2, -0.15) is 18.2 Å². The first-order valence-electron chi connectivity index (χ1n) is 9.30. The molecule has 1 heterocycles. The molecule has 0 saturated carbocycles. The first kappa shape index (κ1) is 21.4. The summed E-state index contributed by atoms with van der Waals surface area (Å²) in [6, 6.07) is 10.8. The highest BCUT2D eigenvalue weighted by molar-refractivity contribution is 5.90. The number of aromatic nitrogens is 2. The molecule has 0 aliphatic heterocycles. The first-order valence-corrected chi connectivity index (χ1v) is 9.30. The van der Waals surface area contributed by atoms with Gasteiger partial charge in [0.05, 0.1) is 12.2 Å². The van der Waals surface area contributed by atoms with Crippen molar-refractivity contribution in [3.8, 4) is 17.1 Å². The fourth-order valence-corrected chi connectivity index (χ4v) is 2.79. The molecule has 0 fully saturated rings. The highest BCUT2D eigenvalue weighted by Gasteiger charge is 2.32. The lowest BCUT2D eigenvalue weighted by Crippen LogP contribution is -2.14. The molecule has 0 spiro atoms. The number of benzene rings is 2. The molecule has 2 aromatic carbocycles. The fourth-order valence-electron chi connectivity index (χ4n) is 2.79. The molecule has 9 heteroatoms. The van der Waals surface area contributed by atoms with Gasteiger partial charge in [-0.05, 0) is 55.8 Å². The zero-order valence-electron chi connectivity index (χ0n) is 16.4. The first-order chi connectivity index (χ1) is 14.3. The van der Waals surface area contributed by atoms with Crippen molar-refractivity contribution in [3.05, 3.63) is 59.5 Å². The summed E-state index contributed by atoms with van der Waals surface area (Å²) in [7, 11) is 0. The van der Waals surface area contributed by atoms with Gasteiger partial charge in [0, 0.05) is 24.1 Å². The van der Waals surface area contributed by atoms with Crippen molar-refractivity contribution < 1.29 is 27.2 Å². The van der Waals surface area contributed by atoms with E-state index >= 15 is 0 Å². The van der Waals surface area contributed by atoms with E-state index in [1.54, 1.807) is 24.3 Å². The number of aryl methyl sites for hydroxylation is 2. The van der Waals surface area contributed by atoms with Gasteiger partial charge < -0.3 is 14.6 Å². The molecular formula is C21H20F3N3O3. The van der Waals surface area contributed by atoms with Crippen molar-refractivity contribution in [2.45, 2.75) is 32.9 Å². The van der Waals surface area contributed by atoms with Gasteiger partial charge in [-0.15, -0.1) is 0 Å². The van der Waals surface area contributed by atoms with Gasteiger partial charge >= 0.3 is 6.18 Å². The molecule has 0 unspecified atom stereocenters. The summed E-state index contributed by atoms with van der Waals surface area (Å²) < 4.78 is 49.5. The van der Waals surface area contributed by atoms with Crippen LogP contribution in [0.4, 0.5) is 18.9 Å². The zero-order chi connectivity index (χ0) is 21.7. The van der Waals surface area contributed by atoms with Crippen LogP contribution >= 0.6 is 0 Å². The lowest BCUT2D eigenvalue weighted by Gasteiger charge is -2.12. The van der Waals surface area contributed by atoms with E-state index in [0.29, 0.717) is 12.4 Å². The third kappa shape index (κ3) is 5.37. The lowest BCUT2D eigenvalue weighted by atomic mass is 10.1. The minimum atomic E-state index is -4.48. The number of amides is 1. The third-order valence-corrected chi connectivity index (χ3v) is 4.28. The predicted octanol–water partition coefficient (Wildman–Crippen LogP) is 5.03. The van der Waals surface area contributed by atoms with E-state index in [4.69, 9.17) is 9.26 Å². The van der Waals surface area contributed by atoms with Crippen molar-refractivity contribution in [1.29, 1.82) is 0 Å². The van der Waals surface area contributed by atoms with Crippen LogP contribution in [0.5, 0.6) is 5.75 Å². The molecule has 1 amide bonds. The Bertz CT molecular complexity index is 1010. The van der Waals surface area contributed by atoms with Gasteiger partial charge in [-0.25, -0.2) is 0 Å². The van der Waals surface area contributed by atoms with Crippen LogP contribution in [0.25, 0.3) is 11.4 Å². The summed E-state index contributed by atoms with van der Waals surface area (Å²) in [5, 5.41) is 6.35. The Morgan fingerprint density at radius 1 is 1.17 bits per heavy atom. The topological polar surface area (TPSA) is 77.2 Å². The second-order valence-electron chi connectivity index (χ2n) is 6.54. The van der Waals surface area contributed by atoms with Crippen molar-refractivity contribution >= 4 is 11.6 Å². The monoisotopic (exact) mass is 419 g/mol. The number of ether oxygens (including phenoxy) is 1. The van der Waals surface area contributed by atoms with Gasteiger partial charge in [-0.1, -0.05) is 11.2 Å². The second kappa shape index (κ2) is 8.98. The second-order valence-corrected chi connectivity index (χ2v) is 6.54. The number of halogens is 3. The van der Waals surface area contributed by atoms with Gasteiger partial charge in [0.25, 0.3) is 0 Å². The largest absolute Gasteiger partial charge is 0.494 e. The number of nitrogens with zero attached hydrogens (tertiary/aromatic N) is 2. The maximum Gasteiger partial charge on any atom is 0.416 e. The van der Waals surface area contributed by atoms with Crippen LogP contribution in [0.15, 0.2) is 47.0 Å². The molecule has 0 saturated heterocycles. The molecule has 158 valence electrons. The minimum Gasteiger partial charge on any atom is -0.494 e. The Hall–Kier alpha value is -3.36. The number of anilines is 1. The van der Waals surface area contributed by atoms with Crippen molar-refractivity contribution in [2.75, 3.05) is 11.9 Å². The molecule has 3 aromatic rings. The van der Waals surface area contributed by atoms with Crippen LogP contribution in [0, 0.1) is 6.92 Å². The predicted molar refractivity (Wildman–Crippen MR) is 104 cm³/mol. The Balaban J connectivity index is 1.58. The van der Waals surface area contributed by atoms with Crippen molar-refractivity contribution in [2.24, 2.45) is 0 Å².